The second-order valence-corrected chi connectivity index (χ2v) is 6.48. The standard InChI is InChI=1S/C13H21NO2S/c1-4-13(14-3)10-17(15,16)9-12-8-6-5-7-11(12)2/h5-8,13-14H,4,9-10H2,1-3H3. The predicted molar refractivity (Wildman–Crippen MR) is 71.8 cm³/mol. The number of aryl methyl sites for hydroxylation is 1. The molecule has 1 atom stereocenters. The van der Waals surface area contributed by atoms with E-state index in [1.807, 2.05) is 38.1 Å². The predicted octanol–water partition coefficient (Wildman–Crippen LogP) is 1.91. The molecule has 0 radical (unpaired) electrons. The van der Waals surface area contributed by atoms with E-state index in [1.165, 1.54) is 0 Å². The van der Waals surface area contributed by atoms with Crippen LogP contribution in [-0.4, -0.2) is 27.3 Å². The first-order valence-electron chi connectivity index (χ1n) is 5.90. The van der Waals surface area contributed by atoms with Crippen molar-refractivity contribution in [1.29, 1.82) is 0 Å². The normalized spacial score (nSPS) is 13.6. The van der Waals surface area contributed by atoms with Gasteiger partial charge in [0.15, 0.2) is 9.84 Å². The molecule has 1 aromatic carbocycles. The van der Waals surface area contributed by atoms with Crippen LogP contribution in [0.1, 0.15) is 24.5 Å². The molecular weight excluding hydrogens is 234 g/mol. The Morgan fingerprint density at radius 1 is 1.29 bits per heavy atom. The molecule has 0 fully saturated rings. The topological polar surface area (TPSA) is 46.2 Å². The minimum atomic E-state index is -3.04. The molecular formula is C13H21NO2S. The molecule has 96 valence electrons. The van der Waals surface area contributed by atoms with E-state index in [0.29, 0.717) is 0 Å². The van der Waals surface area contributed by atoms with Crippen molar-refractivity contribution in [3.8, 4) is 0 Å². The number of hydrogen-bond donors (Lipinski definition) is 1. The van der Waals surface area contributed by atoms with Crippen molar-refractivity contribution < 1.29 is 8.42 Å². The maximum Gasteiger partial charge on any atom is 0.155 e. The van der Waals surface area contributed by atoms with Crippen LogP contribution in [0, 0.1) is 6.92 Å². The third-order valence-electron chi connectivity index (χ3n) is 2.99. The van der Waals surface area contributed by atoms with E-state index in [1.54, 1.807) is 7.05 Å². The lowest BCUT2D eigenvalue weighted by Crippen LogP contribution is -2.32. The van der Waals surface area contributed by atoms with Gasteiger partial charge in [-0.2, -0.15) is 0 Å². The van der Waals surface area contributed by atoms with Crippen LogP contribution in [0.3, 0.4) is 0 Å². The molecule has 0 aliphatic carbocycles. The average molecular weight is 255 g/mol. The van der Waals surface area contributed by atoms with Crippen molar-refractivity contribution in [3.05, 3.63) is 35.4 Å². The zero-order valence-corrected chi connectivity index (χ0v) is 11.5. The lowest BCUT2D eigenvalue weighted by atomic mass is 10.1. The maximum atomic E-state index is 12.0. The summed E-state index contributed by atoms with van der Waals surface area (Å²) in [5.41, 5.74) is 1.94. The summed E-state index contributed by atoms with van der Waals surface area (Å²) in [7, 11) is -1.24. The highest BCUT2D eigenvalue weighted by molar-refractivity contribution is 7.90. The van der Waals surface area contributed by atoms with Crippen molar-refractivity contribution in [2.24, 2.45) is 0 Å². The number of nitrogens with one attached hydrogen (secondary N) is 1. The Morgan fingerprint density at radius 3 is 2.47 bits per heavy atom. The highest BCUT2D eigenvalue weighted by Crippen LogP contribution is 2.12. The molecule has 4 heteroatoms. The van der Waals surface area contributed by atoms with Gasteiger partial charge in [0.05, 0.1) is 11.5 Å². The van der Waals surface area contributed by atoms with Crippen LogP contribution in [0.15, 0.2) is 24.3 Å². The minimum Gasteiger partial charge on any atom is -0.316 e. The highest BCUT2D eigenvalue weighted by atomic mass is 32.2. The quantitative estimate of drug-likeness (QED) is 0.844. The van der Waals surface area contributed by atoms with Crippen LogP contribution in [-0.2, 0) is 15.6 Å². The summed E-state index contributed by atoms with van der Waals surface area (Å²) in [6, 6.07) is 7.68. The fourth-order valence-electron chi connectivity index (χ4n) is 1.78. The molecule has 0 aliphatic rings. The molecule has 3 nitrogen and oxygen atoms in total. The maximum absolute atomic E-state index is 12.0. The van der Waals surface area contributed by atoms with Crippen LogP contribution in [0.4, 0.5) is 0 Å². The number of benzene rings is 1. The van der Waals surface area contributed by atoms with Crippen molar-refractivity contribution in [2.75, 3.05) is 12.8 Å². The van der Waals surface area contributed by atoms with Gasteiger partial charge in [-0.25, -0.2) is 8.42 Å². The first kappa shape index (κ1) is 14.2. The molecule has 0 amide bonds. The second kappa shape index (κ2) is 6.17. The Balaban J connectivity index is 2.77. The van der Waals surface area contributed by atoms with Gasteiger partial charge in [0.1, 0.15) is 0 Å². The van der Waals surface area contributed by atoms with E-state index in [4.69, 9.17) is 0 Å². The van der Waals surface area contributed by atoms with Crippen molar-refractivity contribution in [1.82, 2.24) is 5.32 Å². The molecule has 1 rings (SSSR count). The van der Waals surface area contributed by atoms with Gasteiger partial charge in [-0.15, -0.1) is 0 Å². The second-order valence-electron chi connectivity index (χ2n) is 4.37. The van der Waals surface area contributed by atoms with Crippen LogP contribution in [0.5, 0.6) is 0 Å². The van der Waals surface area contributed by atoms with Crippen molar-refractivity contribution in [2.45, 2.75) is 32.1 Å². The van der Waals surface area contributed by atoms with Gasteiger partial charge in [-0.1, -0.05) is 31.2 Å². The number of sulfone groups is 1. The van der Waals surface area contributed by atoms with Crippen LogP contribution < -0.4 is 5.32 Å². The number of hydrogen-bond acceptors (Lipinski definition) is 3. The molecule has 17 heavy (non-hydrogen) atoms. The molecule has 0 saturated heterocycles. The van der Waals surface area contributed by atoms with E-state index in [-0.39, 0.29) is 17.5 Å². The number of rotatable bonds is 6. The average Bonchev–Trinajstić information content (AvgIpc) is 2.29. The molecule has 0 spiro atoms. The Labute approximate surface area is 104 Å². The van der Waals surface area contributed by atoms with E-state index in [0.717, 1.165) is 17.5 Å². The molecule has 0 saturated carbocycles. The summed E-state index contributed by atoms with van der Waals surface area (Å²) in [4.78, 5) is 0. The molecule has 1 N–H and O–H groups in total. The van der Waals surface area contributed by atoms with E-state index >= 15 is 0 Å². The van der Waals surface area contributed by atoms with Gasteiger partial charge in [-0.3, -0.25) is 0 Å². The largest absolute Gasteiger partial charge is 0.316 e. The summed E-state index contributed by atoms with van der Waals surface area (Å²) >= 11 is 0. The fraction of sp³-hybridized carbons (Fsp3) is 0.538. The lowest BCUT2D eigenvalue weighted by Gasteiger charge is -2.14. The van der Waals surface area contributed by atoms with E-state index in [2.05, 4.69) is 5.32 Å². The molecule has 0 aromatic heterocycles. The zero-order chi connectivity index (χ0) is 12.9. The molecule has 1 unspecified atom stereocenters. The lowest BCUT2D eigenvalue weighted by molar-refractivity contribution is 0.555. The smallest absolute Gasteiger partial charge is 0.155 e. The summed E-state index contributed by atoms with van der Waals surface area (Å²) in [6.45, 7) is 3.94. The highest BCUT2D eigenvalue weighted by Gasteiger charge is 2.18. The van der Waals surface area contributed by atoms with Gasteiger partial charge in [0.25, 0.3) is 0 Å². The summed E-state index contributed by atoms with van der Waals surface area (Å²) in [5.74, 6) is 0.339. The van der Waals surface area contributed by atoms with Gasteiger partial charge >= 0.3 is 0 Å². The Morgan fingerprint density at radius 2 is 1.94 bits per heavy atom. The molecule has 0 aliphatic heterocycles. The van der Waals surface area contributed by atoms with E-state index in [9.17, 15) is 8.42 Å². The first-order chi connectivity index (χ1) is 7.98. The first-order valence-corrected chi connectivity index (χ1v) is 7.73. The van der Waals surface area contributed by atoms with Gasteiger partial charge in [-0.05, 0) is 31.5 Å². The van der Waals surface area contributed by atoms with Crippen molar-refractivity contribution in [3.63, 3.8) is 0 Å². The third-order valence-corrected chi connectivity index (χ3v) is 4.65. The SMILES string of the molecule is CCC(CS(=O)(=O)Cc1ccccc1C)NC. The summed E-state index contributed by atoms with van der Waals surface area (Å²) < 4.78 is 24.1. The van der Waals surface area contributed by atoms with E-state index < -0.39 is 9.84 Å². The zero-order valence-electron chi connectivity index (χ0n) is 10.7. The third kappa shape index (κ3) is 4.48. The van der Waals surface area contributed by atoms with Gasteiger partial charge in [0.2, 0.25) is 0 Å². The monoisotopic (exact) mass is 255 g/mol. The van der Waals surface area contributed by atoms with Gasteiger partial charge < -0.3 is 5.32 Å². The van der Waals surface area contributed by atoms with Gasteiger partial charge in [0, 0.05) is 6.04 Å². The minimum absolute atomic E-state index is 0.0454. The Kier molecular flexibility index (Phi) is 5.15. The summed E-state index contributed by atoms with van der Waals surface area (Å²) in [6.07, 6.45) is 0.823. The van der Waals surface area contributed by atoms with Crippen LogP contribution in [0.2, 0.25) is 0 Å². The van der Waals surface area contributed by atoms with Crippen molar-refractivity contribution >= 4 is 9.84 Å². The molecule has 1 aromatic rings. The fourth-order valence-corrected chi connectivity index (χ4v) is 3.71. The molecule has 0 heterocycles. The Bertz CT molecular complexity index is 450. The van der Waals surface area contributed by atoms with Crippen LogP contribution in [0.25, 0.3) is 0 Å². The van der Waals surface area contributed by atoms with Crippen LogP contribution >= 0.6 is 0 Å². The summed E-state index contributed by atoms with van der Waals surface area (Å²) in [5, 5.41) is 3.03. The Hall–Kier alpha value is -0.870. The molecule has 0 bridgehead atoms.